The van der Waals surface area contributed by atoms with Crippen LogP contribution in [0.2, 0.25) is 0 Å². The molecule has 3 rings (SSSR count). The summed E-state index contributed by atoms with van der Waals surface area (Å²) >= 11 is 2.53. The zero-order chi connectivity index (χ0) is 18.7. The topological polar surface area (TPSA) is 94.7 Å². The number of nitriles is 1. The lowest BCUT2D eigenvalue weighted by molar-refractivity contribution is -0.917. The average Bonchev–Trinajstić information content (AvgIpc) is 3.33. The van der Waals surface area contributed by atoms with Crippen molar-refractivity contribution in [1.29, 1.82) is 5.26 Å². The molecule has 10 heteroatoms. The number of thiophene rings is 2. The van der Waals surface area contributed by atoms with Gasteiger partial charge < -0.3 is 10.2 Å². The van der Waals surface area contributed by atoms with Gasteiger partial charge in [-0.1, -0.05) is 6.07 Å². The van der Waals surface area contributed by atoms with E-state index in [-0.39, 0.29) is 11.9 Å². The summed E-state index contributed by atoms with van der Waals surface area (Å²) < 4.78 is 27.0. The Hall–Kier alpha value is -1.77. The van der Waals surface area contributed by atoms with E-state index in [1.54, 1.807) is 29.0 Å². The van der Waals surface area contributed by atoms with Crippen LogP contribution in [0.25, 0.3) is 0 Å². The van der Waals surface area contributed by atoms with E-state index in [4.69, 9.17) is 5.26 Å². The van der Waals surface area contributed by atoms with E-state index < -0.39 is 10.0 Å². The SMILES string of the molecule is C[C@@H](C(=O)Nc1sccc1C#N)[NH+]1CCN(S(=O)(=O)c2cccs2)CC1. The molecule has 1 amide bonds. The van der Waals surface area contributed by atoms with Gasteiger partial charge in [-0.25, -0.2) is 8.42 Å². The Balaban J connectivity index is 1.59. The fourth-order valence-corrected chi connectivity index (χ4v) is 6.21. The highest BCUT2D eigenvalue weighted by atomic mass is 32.2. The molecule has 138 valence electrons. The molecule has 1 aliphatic rings. The van der Waals surface area contributed by atoms with Crippen molar-refractivity contribution in [1.82, 2.24) is 4.31 Å². The molecule has 2 N–H and O–H groups in total. The van der Waals surface area contributed by atoms with Gasteiger partial charge in [0, 0.05) is 0 Å². The maximum atomic E-state index is 12.6. The maximum absolute atomic E-state index is 12.6. The van der Waals surface area contributed by atoms with Gasteiger partial charge in [-0.05, 0) is 29.8 Å². The van der Waals surface area contributed by atoms with Crippen molar-refractivity contribution in [3.05, 3.63) is 34.5 Å². The minimum Gasteiger partial charge on any atom is -0.323 e. The van der Waals surface area contributed by atoms with E-state index >= 15 is 0 Å². The summed E-state index contributed by atoms with van der Waals surface area (Å²) in [6, 6.07) is 6.74. The number of quaternary nitrogens is 1. The molecule has 0 spiro atoms. The molecule has 1 aliphatic heterocycles. The third kappa shape index (κ3) is 3.82. The van der Waals surface area contributed by atoms with Gasteiger partial charge in [-0.3, -0.25) is 4.79 Å². The number of carbonyl (C=O) groups excluding carboxylic acids is 1. The summed E-state index contributed by atoms with van der Waals surface area (Å²) in [5, 5.41) is 15.9. The van der Waals surface area contributed by atoms with Crippen LogP contribution in [0.15, 0.2) is 33.2 Å². The van der Waals surface area contributed by atoms with Gasteiger partial charge in [0.25, 0.3) is 15.9 Å². The molecule has 0 unspecified atom stereocenters. The number of piperazine rings is 1. The highest BCUT2D eigenvalue weighted by molar-refractivity contribution is 7.91. The average molecular weight is 412 g/mol. The van der Waals surface area contributed by atoms with E-state index in [1.165, 1.54) is 27.0 Å². The van der Waals surface area contributed by atoms with Crippen molar-refractivity contribution >= 4 is 43.6 Å². The molecule has 3 heterocycles. The van der Waals surface area contributed by atoms with Gasteiger partial charge >= 0.3 is 0 Å². The van der Waals surface area contributed by atoms with Gasteiger partial charge in [-0.2, -0.15) is 9.57 Å². The van der Waals surface area contributed by atoms with Crippen molar-refractivity contribution in [3.63, 3.8) is 0 Å². The molecule has 1 fully saturated rings. The van der Waals surface area contributed by atoms with Crippen LogP contribution in [0, 0.1) is 11.3 Å². The Morgan fingerprint density at radius 2 is 2.04 bits per heavy atom. The summed E-state index contributed by atoms with van der Waals surface area (Å²) in [6.45, 7) is 3.72. The second kappa shape index (κ2) is 7.85. The molecule has 0 radical (unpaired) electrons. The highest BCUT2D eigenvalue weighted by Gasteiger charge is 2.35. The number of hydrogen-bond donors (Lipinski definition) is 2. The van der Waals surface area contributed by atoms with Crippen molar-refractivity contribution in [2.45, 2.75) is 17.2 Å². The first-order chi connectivity index (χ1) is 12.4. The Labute approximate surface area is 160 Å². The summed E-state index contributed by atoms with van der Waals surface area (Å²) in [6.07, 6.45) is 0. The Morgan fingerprint density at radius 1 is 1.31 bits per heavy atom. The first-order valence-corrected chi connectivity index (χ1v) is 11.3. The van der Waals surface area contributed by atoms with E-state index in [9.17, 15) is 13.2 Å². The van der Waals surface area contributed by atoms with Crippen molar-refractivity contribution < 1.29 is 18.1 Å². The van der Waals surface area contributed by atoms with Crippen LogP contribution in [0.1, 0.15) is 12.5 Å². The van der Waals surface area contributed by atoms with Crippen LogP contribution in [0.4, 0.5) is 5.00 Å². The zero-order valence-electron chi connectivity index (χ0n) is 14.1. The van der Waals surface area contributed by atoms with Crippen LogP contribution >= 0.6 is 22.7 Å². The number of rotatable bonds is 5. The van der Waals surface area contributed by atoms with Gasteiger partial charge in [0.1, 0.15) is 15.3 Å². The molecule has 0 aliphatic carbocycles. The lowest BCUT2D eigenvalue weighted by atomic mass is 10.2. The minimum atomic E-state index is -3.43. The first kappa shape index (κ1) is 19.0. The predicted octanol–water partition coefficient (Wildman–Crippen LogP) is 0.598. The molecule has 2 aromatic heterocycles. The zero-order valence-corrected chi connectivity index (χ0v) is 16.6. The summed E-state index contributed by atoms with van der Waals surface area (Å²) in [4.78, 5) is 13.5. The number of nitrogens with zero attached hydrogens (tertiary/aromatic N) is 2. The van der Waals surface area contributed by atoms with Crippen LogP contribution in [-0.4, -0.2) is 50.9 Å². The monoisotopic (exact) mass is 411 g/mol. The van der Waals surface area contributed by atoms with Crippen molar-refractivity contribution in [3.8, 4) is 6.07 Å². The summed E-state index contributed by atoms with van der Waals surface area (Å²) in [5.74, 6) is -0.159. The molecule has 0 bridgehead atoms. The third-order valence-electron chi connectivity index (χ3n) is 4.48. The molecule has 0 aromatic carbocycles. The number of nitrogens with one attached hydrogen (secondary N) is 2. The van der Waals surface area contributed by atoms with Crippen LogP contribution < -0.4 is 10.2 Å². The molecular weight excluding hydrogens is 392 g/mol. The standard InChI is InChI=1S/C16H18N4O3S3/c1-12(15(21)18-16-13(11-17)4-10-25-16)19-5-7-20(8-6-19)26(22,23)14-3-2-9-24-14/h2-4,9-10,12H,5-8H2,1H3,(H,18,21)/p+1/t12-/m0/s1. The van der Waals surface area contributed by atoms with E-state index in [0.717, 1.165) is 4.90 Å². The third-order valence-corrected chi connectivity index (χ3v) is 8.58. The number of carbonyl (C=O) groups is 1. The fourth-order valence-electron chi connectivity index (χ4n) is 2.88. The Morgan fingerprint density at radius 3 is 2.65 bits per heavy atom. The van der Waals surface area contributed by atoms with E-state index in [2.05, 4.69) is 11.4 Å². The van der Waals surface area contributed by atoms with Crippen LogP contribution in [0.5, 0.6) is 0 Å². The Kier molecular flexibility index (Phi) is 5.74. The molecule has 0 saturated carbocycles. The van der Waals surface area contributed by atoms with E-state index in [1.807, 2.05) is 6.92 Å². The molecule has 2 aromatic rings. The molecule has 1 atom stereocenters. The number of amides is 1. The summed E-state index contributed by atoms with van der Waals surface area (Å²) in [7, 11) is -3.43. The van der Waals surface area contributed by atoms with E-state index in [0.29, 0.717) is 41.0 Å². The van der Waals surface area contributed by atoms with Crippen LogP contribution in [0.3, 0.4) is 0 Å². The predicted molar refractivity (Wildman–Crippen MR) is 101 cm³/mol. The minimum absolute atomic E-state index is 0.159. The normalized spacial score (nSPS) is 17.5. The van der Waals surface area contributed by atoms with Crippen molar-refractivity contribution in [2.24, 2.45) is 0 Å². The molecule has 7 nitrogen and oxygen atoms in total. The van der Waals surface area contributed by atoms with Crippen LogP contribution in [-0.2, 0) is 14.8 Å². The lowest BCUT2D eigenvalue weighted by Gasteiger charge is -2.33. The van der Waals surface area contributed by atoms with Gasteiger partial charge in [-0.15, -0.1) is 22.7 Å². The van der Waals surface area contributed by atoms with Gasteiger partial charge in [0.15, 0.2) is 6.04 Å². The molecule has 1 saturated heterocycles. The quantitative estimate of drug-likeness (QED) is 0.753. The molecule has 26 heavy (non-hydrogen) atoms. The summed E-state index contributed by atoms with van der Waals surface area (Å²) in [5.41, 5.74) is 0.456. The number of anilines is 1. The second-order valence-electron chi connectivity index (χ2n) is 5.98. The number of hydrogen-bond acceptors (Lipinski definition) is 6. The Bertz CT molecular complexity index is 907. The van der Waals surface area contributed by atoms with Gasteiger partial charge in [0.2, 0.25) is 0 Å². The fraction of sp³-hybridized carbons (Fsp3) is 0.375. The maximum Gasteiger partial charge on any atom is 0.283 e. The molecular formula is C16H19N4O3S3+. The largest absolute Gasteiger partial charge is 0.323 e. The number of sulfonamides is 1. The van der Waals surface area contributed by atoms with Crippen molar-refractivity contribution in [2.75, 3.05) is 31.5 Å². The lowest BCUT2D eigenvalue weighted by Crippen LogP contribution is -3.19. The first-order valence-electron chi connectivity index (χ1n) is 8.10. The highest BCUT2D eigenvalue weighted by Crippen LogP contribution is 2.22. The second-order valence-corrected chi connectivity index (χ2v) is 10.0. The van der Waals surface area contributed by atoms with Gasteiger partial charge in [0.05, 0.1) is 31.7 Å². The smallest absolute Gasteiger partial charge is 0.283 e.